The maximum absolute atomic E-state index is 11.8. The van der Waals surface area contributed by atoms with Crippen molar-refractivity contribution in [3.63, 3.8) is 0 Å². The number of H-pyrrole nitrogens is 1. The molecule has 0 aliphatic heterocycles. The van der Waals surface area contributed by atoms with Crippen molar-refractivity contribution in [2.75, 3.05) is 0 Å². The molecule has 2 aromatic rings. The van der Waals surface area contributed by atoms with Crippen molar-refractivity contribution in [1.82, 2.24) is 10.3 Å². The zero-order valence-corrected chi connectivity index (χ0v) is 13.1. The molecule has 2 rings (SSSR count). The molecule has 2 N–H and O–H groups in total. The van der Waals surface area contributed by atoms with E-state index in [2.05, 4.69) is 10.3 Å². The normalized spacial score (nSPS) is 9.52. The number of hydrogen-bond acceptors (Lipinski definition) is 2. The fourth-order valence-electron chi connectivity index (χ4n) is 1.66. The maximum Gasteiger partial charge on any atom is 0.251 e. The summed E-state index contributed by atoms with van der Waals surface area (Å²) < 4.78 is 0. The van der Waals surface area contributed by atoms with Gasteiger partial charge in [0.25, 0.3) is 5.91 Å². The number of aromatic amines is 1. The molecule has 0 bridgehead atoms. The molecule has 112 valence electrons. The molecule has 0 fully saturated rings. The largest absolute Gasteiger partial charge is 0.348 e. The first kappa shape index (κ1) is 17.0. The van der Waals surface area contributed by atoms with Gasteiger partial charge >= 0.3 is 0 Å². The zero-order chi connectivity index (χ0) is 15.8. The highest BCUT2D eigenvalue weighted by Crippen LogP contribution is 2.17. The van der Waals surface area contributed by atoms with Gasteiger partial charge in [-0.15, -0.1) is 0 Å². The van der Waals surface area contributed by atoms with Crippen LogP contribution in [0.1, 0.15) is 35.3 Å². The Morgan fingerprint density at radius 2 is 1.95 bits per heavy atom. The molecule has 0 aliphatic rings. The molecule has 1 amide bonds. The third kappa shape index (κ3) is 5.08. The average Bonchev–Trinajstić information content (AvgIpc) is 2.48. The molecule has 0 aliphatic carbocycles. The molecule has 0 unspecified atom stereocenters. The van der Waals surface area contributed by atoms with Gasteiger partial charge in [-0.3, -0.25) is 9.59 Å². The summed E-state index contributed by atoms with van der Waals surface area (Å²) >= 11 is 6.08. The number of rotatable bonds is 3. The first-order valence-corrected chi connectivity index (χ1v) is 7.16. The molecule has 0 saturated carbocycles. The highest BCUT2D eigenvalue weighted by atomic mass is 35.5. The van der Waals surface area contributed by atoms with Gasteiger partial charge < -0.3 is 10.3 Å². The van der Waals surface area contributed by atoms with Crippen LogP contribution < -0.4 is 10.9 Å². The van der Waals surface area contributed by atoms with Gasteiger partial charge in [0, 0.05) is 29.4 Å². The number of pyridine rings is 1. The fourth-order valence-corrected chi connectivity index (χ4v) is 1.96. The number of carbonyl (C=O) groups is 1. The van der Waals surface area contributed by atoms with E-state index in [1.54, 1.807) is 6.07 Å². The minimum atomic E-state index is -0.305. The lowest BCUT2D eigenvalue weighted by Gasteiger charge is -2.07. The molecule has 0 spiro atoms. The average molecular weight is 307 g/mol. The van der Waals surface area contributed by atoms with E-state index in [1.165, 1.54) is 12.3 Å². The van der Waals surface area contributed by atoms with E-state index < -0.39 is 0 Å². The predicted molar refractivity (Wildman–Crippen MR) is 85.8 cm³/mol. The van der Waals surface area contributed by atoms with Crippen molar-refractivity contribution in [2.45, 2.75) is 27.3 Å². The van der Waals surface area contributed by atoms with Crippen LogP contribution in [0.4, 0.5) is 0 Å². The van der Waals surface area contributed by atoms with Crippen LogP contribution >= 0.6 is 11.6 Å². The standard InChI is InChI=1S/C14H13ClN2O2.C2H6/c1-9-2-3-11(12(15)6-9)8-17-14(19)10-4-5-16-13(18)7-10;1-2/h2-7H,8H2,1H3,(H,16,18)(H,17,19);1-2H3. The number of benzene rings is 1. The SMILES string of the molecule is CC.Cc1ccc(CNC(=O)c2cc[nH]c(=O)c2)c(Cl)c1. The van der Waals surface area contributed by atoms with E-state index in [0.29, 0.717) is 17.1 Å². The lowest BCUT2D eigenvalue weighted by Crippen LogP contribution is -2.24. The first-order chi connectivity index (χ1) is 10.1. The summed E-state index contributed by atoms with van der Waals surface area (Å²) in [5, 5.41) is 3.34. The molecule has 0 atom stereocenters. The van der Waals surface area contributed by atoms with Crippen LogP contribution in [0.3, 0.4) is 0 Å². The molecular weight excluding hydrogens is 288 g/mol. The molecular formula is C16H19ClN2O2. The second kappa shape index (κ2) is 8.27. The third-order valence-corrected chi connectivity index (χ3v) is 3.04. The second-order valence-electron chi connectivity index (χ2n) is 4.22. The number of carbonyl (C=O) groups excluding carboxylic acids is 1. The van der Waals surface area contributed by atoms with Crippen LogP contribution in [0.25, 0.3) is 0 Å². The van der Waals surface area contributed by atoms with E-state index in [9.17, 15) is 9.59 Å². The highest BCUT2D eigenvalue weighted by Gasteiger charge is 2.07. The van der Waals surface area contributed by atoms with Gasteiger partial charge in [0.15, 0.2) is 0 Å². The summed E-state index contributed by atoms with van der Waals surface area (Å²) in [6, 6.07) is 8.45. The number of halogens is 1. The number of amides is 1. The summed E-state index contributed by atoms with van der Waals surface area (Å²) in [7, 11) is 0. The van der Waals surface area contributed by atoms with Crippen LogP contribution in [-0.2, 0) is 6.54 Å². The number of aryl methyl sites for hydroxylation is 1. The lowest BCUT2D eigenvalue weighted by atomic mass is 10.1. The Hall–Kier alpha value is -2.07. The zero-order valence-electron chi connectivity index (χ0n) is 12.4. The third-order valence-electron chi connectivity index (χ3n) is 2.69. The van der Waals surface area contributed by atoms with Crippen LogP contribution in [-0.4, -0.2) is 10.9 Å². The Morgan fingerprint density at radius 1 is 1.24 bits per heavy atom. The summed E-state index contributed by atoms with van der Waals surface area (Å²) in [6.07, 6.45) is 1.44. The van der Waals surface area contributed by atoms with Gasteiger partial charge in [0.05, 0.1) is 0 Å². The molecule has 0 radical (unpaired) electrons. The van der Waals surface area contributed by atoms with Gasteiger partial charge in [-0.1, -0.05) is 37.6 Å². The molecule has 1 aromatic carbocycles. The Bertz CT molecular complexity index is 665. The van der Waals surface area contributed by atoms with Crippen molar-refractivity contribution < 1.29 is 4.79 Å². The molecule has 1 heterocycles. The Balaban J connectivity index is 0.00000106. The van der Waals surface area contributed by atoms with Crippen molar-refractivity contribution in [2.24, 2.45) is 0 Å². The van der Waals surface area contributed by atoms with Crippen molar-refractivity contribution >= 4 is 17.5 Å². The van der Waals surface area contributed by atoms with Crippen molar-refractivity contribution in [1.29, 1.82) is 0 Å². The van der Waals surface area contributed by atoms with Crippen LogP contribution in [0.2, 0.25) is 5.02 Å². The topological polar surface area (TPSA) is 62.0 Å². The molecule has 1 aromatic heterocycles. The minimum Gasteiger partial charge on any atom is -0.348 e. The van der Waals surface area contributed by atoms with E-state index in [1.807, 2.05) is 39.0 Å². The molecule has 0 saturated heterocycles. The minimum absolute atomic E-state index is 0.303. The van der Waals surface area contributed by atoms with E-state index in [4.69, 9.17) is 11.6 Å². The van der Waals surface area contributed by atoms with Crippen LogP contribution in [0.15, 0.2) is 41.3 Å². The Labute approximate surface area is 129 Å². The second-order valence-corrected chi connectivity index (χ2v) is 4.63. The van der Waals surface area contributed by atoms with E-state index >= 15 is 0 Å². The van der Waals surface area contributed by atoms with E-state index in [0.717, 1.165) is 11.1 Å². The highest BCUT2D eigenvalue weighted by molar-refractivity contribution is 6.31. The molecule has 4 nitrogen and oxygen atoms in total. The first-order valence-electron chi connectivity index (χ1n) is 6.78. The van der Waals surface area contributed by atoms with Crippen molar-refractivity contribution in [3.05, 3.63) is 68.6 Å². The van der Waals surface area contributed by atoms with Gasteiger partial charge in [-0.25, -0.2) is 0 Å². The monoisotopic (exact) mass is 306 g/mol. The number of aromatic nitrogens is 1. The van der Waals surface area contributed by atoms with Gasteiger partial charge in [0.2, 0.25) is 5.56 Å². The van der Waals surface area contributed by atoms with Crippen LogP contribution in [0.5, 0.6) is 0 Å². The summed E-state index contributed by atoms with van der Waals surface area (Å²) in [5.74, 6) is -0.303. The van der Waals surface area contributed by atoms with Gasteiger partial charge in [0.1, 0.15) is 0 Å². The van der Waals surface area contributed by atoms with Gasteiger partial charge in [-0.2, -0.15) is 0 Å². The van der Waals surface area contributed by atoms with Crippen LogP contribution in [0, 0.1) is 6.92 Å². The quantitative estimate of drug-likeness (QED) is 0.914. The smallest absolute Gasteiger partial charge is 0.251 e. The number of hydrogen-bond donors (Lipinski definition) is 2. The molecule has 21 heavy (non-hydrogen) atoms. The summed E-state index contributed by atoms with van der Waals surface area (Å²) in [6.45, 7) is 6.27. The van der Waals surface area contributed by atoms with E-state index in [-0.39, 0.29) is 11.5 Å². The maximum atomic E-state index is 11.8. The summed E-state index contributed by atoms with van der Waals surface area (Å²) in [5.41, 5.74) is 1.92. The summed E-state index contributed by atoms with van der Waals surface area (Å²) in [4.78, 5) is 25.4. The molecule has 5 heteroatoms. The fraction of sp³-hybridized carbons (Fsp3) is 0.250. The number of nitrogens with one attached hydrogen (secondary N) is 2. The Morgan fingerprint density at radius 3 is 2.57 bits per heavy atom. The lowest BCUT2D eigenvalue weighted by molar-refractivity contribution is 0.0950. The predicted octanol–water partition coefficient (Wildman–Crippen LogP) is 3.29. The van der Waals surface area contributed by atoms with Crippen molar-refractivity contribution in [3.8, 4) is 0 Å². The van der Waals surface area contributed by atoms with Gasteiger partial charge in [-0.05, 0) is 30.2 Å². The Kier molecular flexibility index (Phi) is 6.69.